The van der Waals surface area contributed by atoms with E-state index in [-0.39, 0.29) is 24.4 Å². The first-order valence-corrected chi connectivity index (χ1v) is 11.8. The zero-order valence-electron chi connectivity index (χ0n) is 17.5. The number of thiazole rings is 1. The maximum atomic E-state index is 12.9. The predicted molar refractivity (Wildman–Crippen MR) is 128 cm³/mol. The molecule has 0 radical (unpaired) electrons. The van der Waals surface area contributed by atoms with Crippen molar-refractivity contribution >= 4 is 55.9 Å². The van der Waals surface area contributed by atoms with E-state index in [1.165, 1.54) is 23.1 Å². The number of rotatable bonds is 6. The second-order valence-electron chi connectivity index (χ2n) is 7.16. The van der Waals surface area contributed by atoms with Crippen molar-refractivity contribution in [3.63, 3.8) is 0 Å². The molecular weight excluding hydrogens is 460 g/mol. The average molecular weight is 479 g/mol. The first-order chi connectivity index (χ1) is 16.1. The number of thioether (sulfide) groups is 1. The highest BCUT2D eigenvalue weighted by Gasteiger charge is 2.18. The Labute approximate surface area is 197 Å². The Balaban J connectivity index is 1.24. The maximum Gasteiger partial charge on any atom is 0.260 e. The minimum absolute atomic E-state index is 0.0894. The van der Waals surface area contributed by atoms with Crippen LogP contribution in [0.15, 0.2) is 59.8 Å². The molecule has 0 bridgehead atoms. The third kappa shape index (κ3) is 4.62. The van der Waals surface area contributed by atoms with Gasteiger partial charge in [0.15, 0.2) is 16.6 Å². The fraction of sp³-hybridized carbons (Fsp3) is 0.130. The number of nitrogens with zero attached hydrogens (tertiary/aromatic N) is 2. The van der Waals surface area contributed by atoms with Gasteiger partial charge < -0.3 is 14.8 Å². The number of carbonyl (C=O) groups is 2. The van der Waals surface area contributed by atoms with E-state index in [0.717, 1.165) is 15.8 Å². The maximum absolute atomic E-state index is 12.9. The van der Waals surface area contributed by atoms with Crippen molar-refractivity contribution in [3.05, 3.63) is 65.9 Å². The molecule has 0 aliphatic carbocycles. The molecule has 10 heteroatoms. The lowest BCUT2D eigenvalue weighted by atomic mass is 10.2. The Morgan fingerprint density at radius 3 is 2.85 bits per heavy atom. The summed E-state index contributed by atoms with van der Waals surface area (Å²) in [4.78, 5) is 34.2. The Hall–Kier alpha value is -3.63. The number of anilines is 2. The van der Waals surface area contributed by atoms with Crippen LogP contribution in [0.1, 0.15) is 15.9 Å². The minimum Gasteiger partial charge on any atom is -0.454 e. The standard InChI is InChI=1S/C23H18N4O4S2/c1-13-4-2-6-18-20(13)26-23(33-18)27-21(29)15-5-3-9-24-22(15)32-11-19(28)25-14-7-8-16-17(10-14)31-12-30-16/h2-10H,11-12H2,1H3,(H,25,28)(H,26,27,29). The number of nitrogens with one attached hydrogen (secondary N) is 2. The average Bonchev–Trinajstić information content (AvgIpc) is 3.45. The van der Waals surface area contributed by atoms with E-state index in [1.807, 2.05) is 25.1 Å². The molecule has 4 aromatic rings. The van der Waals surface area contributed by atoms with E-state index in [0.29, 0.717) is 32.9 Å². The SMILES string of the molecule is Cc1cccc2sc(NC(=O)c3cccnc3SCC(=O)Nc3ccc4c(c3)OCO4)nc12. The first kappa shape index (κ1) is 21.2. The van der Waals surface area contributed by atoms with Crippen molar-refractivity contribution in [2.24, 2.45) is 0 Å². The molecule has 2 amide bonds. The third-order valence-electron chi connectivity index (χ3n) is 4.85. The number of benzene rings is 2. The number of aromatic nitrogens is 2. The lowest BCUT2D eigenvalue weighted by Crippen LogP contribution is -2.16. The topological polar surface area (TPSA) is 102 Å². The van der Waals surface area contributed by atoms with Crippen LogP contribution in [0, 0.1) is 6.92 Å². The van der Waals surface area contributed by atoms with E-state index >= 15 is 0 Å². The second-order valence-corrected chi connectivity index (χ2v) is 9.15. The van der Waals surface area contributed by atoms with Crippen LogP contribution in [-0.2, 0) is 4.79 Å². The molecule has 3 heterocycles. The lowest BCUT2D eigenvalue weighted by Gasteiger charge is -2.08. The van der Waals surface area contributed by atoms with Gasteiger partial charge in [-0.3, -0.25) is 14.9 Å². The summed E-state index contributed by atoms with van der Waals surface area (Å²) >= 11 is 2.60. The van der Waals surface area contributed by atoms with Gasteiger partial charge in [0.2, 0.25) is 12.7 Å². The monoisotopic (exact) mass is 478 g/mol. The van der Waals surface area contributed by atoms with E-state index in [2.05, 4.69) is 20.6 Å². The molecule has 1 aliphatic heterocycles. The van der Waals surface area contributed by atoms with Crippen molar-refractivity contribution in [2.75, 3.05) is 23.2 Å². The number of hydrogen-bond donors (Lipinski definition) is 2. The summed E-state index contributed by atoms with van der Waals surface area (Å²) in [6, 6.07) is 14.5. The number of pyridine rings is 1. The molecule has 8 nitrogen and oxygen atoms in total. The third-order valence-corrected chi connectivity index (χ3v) is 6.79. The van der Waals surface area contributed by atoms with Crippen molar-refractivity contribution in [1.29, 1.82) is 0 Å². The van der Waals surface area contributed by atoms with Crippen LogP contribution in [0.5, 0.6) is 11.5 Å². The summed E-state index contributed by atoms with van der Waals surface area (Å²) in [5.74, 6) is 0.784. The fourth-order valence-electron chi connectivity index (χ4n) is 3.29. The highest BCUT2D eigenvalue weighted by atomic mass is 32.2. The van der Waals surface area contributed by atoms with Crippen LogP contribution in [0.25, 0.3) is 10.2 Å². The van der Waals surface area contributed by atoms with E-state index in [9.17, 15) is 9.59 Å². The van der Waals surface area contributed by atoms with Crippen molar-refractivity contribution in [3.8, 4) is 11.5 Å². The molecule has 1 aliphatic rings. The number of carbonyl (C=O) groups excluding carboxylic acids is 2. The summed E-state index contributed by atoms with van der Waals surface area (Å²) < 4.78 is 11.6. The number of para-hydroxylation sites is 1. The zero-order valence-corrected chi connectivity index (χ0v) is 19.1. The quantitative estimate of drug-likeness (QED) is 0.387. The molecule has 2 aromatic carbocycles. The van der Waals surface area contributed by atoms with E-state index < -0.39 is 0 Å². The van der Waals surface area contributed by atoms with Crippen LogP contribution in [0.3, 0.4) is 0 Å². The van der Waals surface area contributed by atoms with E-state index in [1.54, 1.807) is 36.5 Å². The zero-order chi connectivity index (χ0) is 22.8. The smallest absolute Gasteiger partial charge is 0.260 e. The van der Waals surface area contributed by atoms with Gasteiger partial charge in [-0.1, -0.05) is 35.2 Å². The Bertz CT molecular complexity index is 1370. The number of hydrogen-bond acceptors (Lipinski definition) is 8. The van der Waals surface area contributed by atoms with Gasteiger partial charge in [-0.15, -0.1) is 0 Å². The Morgan fingerprint density at radius 1 is 1.09 bits per heavy atom. The fourth-order valence-corrected chi connectivity index (χ4v) is 5.02. The normalized spacial score (nSPS) is 12.0. The molecule has 5 rings (SSSR count). The van der Waals surface area contributed by atoms with Crippen molar-refractivity contribution in [2.45, 2.75) is 11.9 Å². The molecule has 0 unspecified atom stereocenters. The molecule has 0 spiro atoms. The molecule has 0 saturated heterocycles. The number of amides is 2. The predicted octanol–water partition coefficient (Wildman–Crippen LogP) is 4.71. The molecule has 166 valence electrons. The molecule has 0 atom stereocenters. The van der Waals surface area contributed by atoms with Gasteiger partial charge in [-0.05, 0) is 42.8 Å². The summed E-state index contributed by atoms with van der Waals surface area (Å²) in [5.41, 5.74) is 2.92. The molecular formula is C23H18N4O4S2. The largest absolute Gasteiger partial charge is 0.454 e. The minimum atomic E-state index is -0.321. The van der Waals surface area contributed by atoms with Gasteiger partial charge in [0.1, 0.15) is 5.03 Å². The number of ether oxygens (including phenoxy) is 2. The van der Waals surface area contributed by atoms with Gasteiger partial charge >= 0.3 is 0 Å². The highest BCUT2D eigenvalue weighted by Crippen LogP contribution is 2.34. The second kappa shape index (κ2) is 9.08. The lowest BCUT2D eigenvalue weighted by molar-refractivity contribution is -0.113. The molecule has 2 aromatic heterocycles. The summed E-state index contributed by atoms with van der Waals surface area (Å²) in [6.07, 6.45) is 1.59. The van der Waals surface area contributed by atoms with Crippen LogP contribution in [0.2, 0.25) is 0 Å². The van der Waals surface area contributed by atoms with Crippen LogP contribution < -0.4 is 20.1 Å². The van der Waals surface area contributed by atoms with Crippen molar-refractivity contribution < 1.29 is 19.1 Å². The molecule has 33 heavy (non-hydrogen) atoms. The molecule has 2 N–H and O–H groups in total. The van der Waals surface area contributed by atoms with Gasteiger partial charge in [0.25, 0.3) is 5.91 Å². The Morgan fingerprint density at radius 2 is 1.97 bits per heavy atom. The van der Waals surface area contributed by atoms with Crippen LogP contribution in [-0.4, -0.2) is 34.3 Å². The Kier molecular flexibility index (Phi) is 5.84. The van der Waals surface area contributed by atoms with Crippen LogP contribution >= 0.6 is 23.1 Å². The van der Waals surface area contributed by atoms with Gasteiger partial charge in [0, 0.05) is 18.0 Å². The molecule has 0 saturated carbocycles. The number of fused-ring (bicyclic) bond motifs is 2. The van der Waals surface area contributed by atoms with Crippen molar-refractivity contribution in [1.82, 2.24) is 9.97 Å². The molecule has 0 fully saturated rings. The highest BCUT2D eigenvalue weighted by molar-refractivity contribution is 8.00. The summed E-state index contributed by atoms with van der Waals surface area (Å²) in [6.45, 7) is 2.15. The first-order valence-electron chi connectivity index (χ1n) is 10.0. The van der Waals surface area contributed by atoms with Gasteiger partial charge in [-0.2, -0.15) is 0 Å². The van der Waals surface area contributed by atoms with Gasteiger partial charge in [0.05, 0.1) is 21.5 Å². The van der Waals surface area contributed by atoms with Crippen LogP contribution in [0.4, 0.5) is 10.8 Å². The number of aryl methyl sites for hydroxylation is 1. The summed E-state index contributed by atoms with van der Waals surface area (Å²) in [5, 5.41) is 6.66. The summed E-state index contributed by atoms with van der Waals surface area (Å²) in [7, 11) is 0. The van der Waals surface area contributed by atoms with Gasteiger partial charge in [-0.25, -0.2) is 9.97 Å². The van der Waals surface area contributed by atoms with E-state index in [4.69, 9.17) is 9.47 Å².